The van der Waals surface area contributed by atoms with E-state index in [1.54, 1.807) is 0 Å². The first-order chi connectivity index (χ1) is 8.02. The average Bonchev–Trinajstić information content (AvgIpc) is 2.27. The standard InChI is InChI=1S/C11H13F4NO/c12-8-3-1-2-7(11(8)15)9(16)4-5-17-6-10(13)14/h1-3,9-10H,4-6,16H2. The molecule has 1 unspecified atom stereocenters. The molecule has 96 valence electrons. The van der Waals surface area contributed by atoms with Crippen LogP contribution in [0.4, 0.5) is 17.6 Å². The van der Waals surface area contributed by atoms with Crippen molar-refractivity contribution in [2.75, 3.05) is 13.2 Å². The average molecular weight is 251 g/mol. The lowest BCUT2D eigenvalue weighted by Gasteiger charge is -2.13. The molecule has 6 heteroatoms. The first-order valence-corrected chi connectivity index (χ1v) is 5.07. The molecule has 0 spiro atoms. The normalized spacial score (nSPS) is 13.1. The number of hydrogen-bond acceptors (Lipinski definition) is 2. The molecule has 0 heterocycles. The van der Waals surface area contributed by atoms with Gasteiger partial charge in [0.05, 0.1) is 0 Å². The van der Waals surface area contributed by atoms with Gasteiger partial charge in [-0.1, -0.05) is 12.1 Å². The molecule has 0 saturated carbocycles. The van der Waals surface area contributed by atoms with Gasteiger partial charge in [-0.2, -0.15) is 0 Å². The maximum absolute atomic E-state index is 13.3. The van der Waals surface area contributed by atoms with Crippen LogP contribution in [-0.2, 0) is 4.74 Å². The highest BCUT2D eigenvalue weighted by Crippen LogP contribution is 2.19. The fourth-order valence-corrected chi connectivity index (χ4v) is 1.35. The van der Waals surface area contributed by atoms with Crippen molar-refractivity contribution in [3.05, 3.63) is 35.4 Å². The van der Waals surface area contributed by atoms with E-state index in [1.807, 2.05) is 0 Å². The lowest BCUT2D eigenvalue weighted by molar-refractivity contribution is 0.0151. The number of rotatable bonds is 6. The van der Waals surface area contributed by atoms with E-state index in [2.05, 4.69) is 4.74 Å². The molecular weight excluding hydrogens is 238 g/mol. The molecule has 1 rings (SSSR count). The van der Waals surface area contributed by atoms with Gasteiger partial charge in [-0.15, -0.1) is 0 Å². The highest BCUT2D eigenvalue weighted by molar-refractivity contribution is 5.22. The minimum absolute atomic E-state index is 0.0191. The Bertz CT molecular complexity index is 359. The summed E-state index contributed by atoms with van der Waals surface area (Å²) in [6.07, 6.45) is -2.40. The van der Waals surface area contributed by atoms with Crippen LogP contribution in [0, 0.1) is 11.6 Å². The first kappa shape index (κ1) is 13.9. The Labute approximate surface area is 96.4 Å². The molecule has 2 N–H and O–H groups in total. The van der Waals surface area contributed by atoms with Crippen LogP contribution >= 0.6 is 0 Å². The van der Waals surface area contributed by atoms with Crippen molar-refractivity contribution in [2.45, 2.75) is 18.9 Å². The first-order valence-electron chi connectivity index (χ1n) is 5.07. The molecule has 0 radical (unpaired) electrons. The maximum atomic E-state index is 13.3. The third-order valence-corrected chi connectivity index (χ3v) is 2.20. The summed E-state index contributed by atoms with van der Waals surface area (Å²) < 4.78 is 54.2. The molecule has 0 saturated heterocycles. The molecule has 0 amide bonds. The van der Waals surface area contributed by atoms with Gasteiger partial charge < -0.3 is 10.5 Å². The number of benzene rings is 1. The second-order valence-electron chi connectivity index (χ2n) is 3.50. The number of alkyl halides is 2. The summed E-state index contributed by atoms with van der Waals surface area (Å²) >= 11 is 0. The minimum atomic E-state index is -2.54. The number of hydrogen-bond donors (Lipinski definition) is 1. The monoisotopic (exact) mass is 251 g/mol. The molecule has 0 bridgehead atoms. The van der Waals surface area contributed by atoms with Crippen LogP contribution in [0.3, 0.4) is 0 Å². The molecule has 0 aliphatic carbocycles. The SMILES string of the molecule is NC(CCOCC(F)F)c1cccc(F)c1F. The van der Waals surface area contributed by atoms with Gasteiger partial charge in [0.2, 0.25) is 0 Å². The quantitative estimate of drug-likeness (QED) is 0.623. The van der Waals surface area contributed by atoms with E-state index in [4.69, 9.17) is 5.73 Å². The van der Waals surface area contributed by atoms with Gasteiger partial charge in [0.15, 0.2) is 11.6 Å². The summed E-state index contributed by atoms with van der Waals surface area (Å²) in [4.78, 5) is 0. The van der Waals surface area contributed by atoms with E-state index in [0.717, 1.165) is 6.07 Å². The van der Waals surface area contributed by atoms with E-state index in [-0.39, 0.29) is 18.6 Å². The van der Waals surface area contributed by atoms with Crippen LogP contribution < -0.4 is 5.73 Å². The van der Waals surface area contributed by atoms with E-state index in [1.165, 1.54) is 12.1 Å². The Morgan fingerprint density at radius 3 is 2.59 bits per heavy atom. The van der Waals surface area contributed by atoms with Crippen LogP contribution in [0.5, 0.6) is 0 Å². The molecule has 1 aromatic rings. The van der Waals surface area contributed by atoms with Gasteiger partial charge in [0, 0.05) is 18.2 Å². The number of ether oxygens (including phenoxy) is 1. The third kappa shape index (κ3) is 4.32. The fourth-order valence-electron chi connectivity index (χ4n) is 1.35. The van der Waals surface area contributed by atoms with Gasteiger partial charge in [-0.3, -0.25) is 0 Å². The van der Waals surface area contributed by atoms with E-state index in [9.17, 15) is 17.6 Å². The van der Waals surface area contributed by atoms with Gasteiger partial charge in [-0.05, 0) is 12.5 Å². The zero-order valence-corrected chi connectivity index (χ0v) is 9.01. The molecule has 0 aliphatic rings. The fraction of sp³-hybridized carbons (Fsp3) is 0.455. The Hall–Kier alpha value is -1.14. The topological polar surface area (TPSA) is 35.2 Å². The molecule has 17 heavy (non-hydrogen) atoms. The molecule has 0 fully saturated rings. The Morgan fingerprint density at radius 1 is 1.24 bits per heavy atom. The second kappa shape index (κ2) is 6.56. The zero-order chi connectivity index (χ0) is 12.8. The van der Waals surface area contributed by atoms with Crippen molar-refractivity contribution in [3.63, 3.8) is 0 Å². The van der Waals surface area contributed by atoms with Crippen molar-refractivity contribution in [1.29, 1.82) is 0 Å². The predicted molar refractivity (Wildman–Crippen MR) is 54.7 cm³/mol. The molecule has 1 aromatic carbocycles. The maximum Gasteiger partial charge on any atom is 0.261 e. The minimum Gasteiger partial charge on any atom is -0.375 e. The van der Waals surface area contributed by atoms with Crippen molar-refractivity contribution in [1.82, 2.24) is 0 Å². The third-order valence-electron chi connectivity index (χ3n) is 2.20. The summed E-state index contributed by atoms with van der Waals surface area (Å²) in [5.41, 5.74) is 5.63. The highest BCUT2D eigenvalue weighted by Gasteiger charge is 2.14. The van der Waals surface area contributed by atoms with Crippen LogP contribution in [0.2, 0.25) is 0 Å². The smallest absolute Gasteiger partial charge is 0.261 e. The predicted octanol–water partition coefficient (Wildman–Crippen LogP) is 2.64. The van der Waals surface area contributed by atoms with Crippen molar-refractivity contribution >= 4 is 0 Å². The van der Waals surface area contributed by atoms with Crippen LogP contribution in [0.1, 0.15) is 18.0 Å². The summed E-state index contributed by atoms with van der Waals surface area (Å²) in [5.74, 6) is -1.99. The van der Waals surface area contributed by atoms with Gasteiger partial charge in [-0.25, -0.2) is 17.6 Å². The van der Waals surface area contributed by atoms with Gasteiger partial charge in [0.1, 0.15) is 6.61 Å². The largest absolute Gasteiger partial charge is 0.375 e. The van der Waals surface area contributed by atoms with E-state index < -0.39 is 30.7 Å². The molecule has 1 atom stereocenters. The Morgan fingerprint density at radius 2 is 1.94 bits per heavy atom. The number of halogens is 4. The van der Waals surface area contributed by atoms with E-state index >= 15 is 0 Å². The summed E-state index contributed by atoms with van der Waals surface area (Å²) in [5, 5.41) is 0. The van der Waals surface area contributed by atoms with Crippen molar-refractivity contribution in [3.8, 4) is 0 Å². The zero-order valence-electron chi connectivity index (χ0n) is 9.01. The molecule has 0 aliphatic heterocycles. The van der Waals surface area contributed by atoms with Crippen molar-refractivity contribution < 1.29 is 22.3 Å². The van der Waals surface area contributed by atoms with Crippen LogP contribution in [-0.4, -0.2) is 19.6 Å². The second-order valence-corrected chi connectivity index (χ2v) is 3.50. The lowest BCUT2D eigenvalue weighted by Crippen LogP contribution is -2.16. The molecular formula is C11H13F4NO. The van der Waals surface area contributed by atoms with Gasteiger partial charge in [0.25, 0.3) is 6.43 Å². The van der Waals surface area contributed by atoms with Crippen LogP contribution in [0.25, 0.3) is 0 Å². The van der Waals surface area contributed by atoms with Crippen LogP contribution in [0.15, 0.2) is 18.2 Å². The molecule has 0 aromatic heterocycles. The Balaban J connectivity index is 2.47. The highest BCUT2D eigenvalue weighted by atomic mass is 19.3. The van der Waals surface area contributed by atoms with E-state index in [0.29, 0.717) is 0 Å². The summed E-state index contributed by atoms with van der Waals surface area (Å²) in [6.45, 7) is -0.709. The molecule has 2 nitrogen and oxygen atoms in total. The Kier molecular flexibility index (Phi) is 5.37. The summed E-state index contributed by atoms with van der Waals surface area (Å²) in [7, 11) is 0. The lowest BCUT2D eigenvalue weighted by atomic mass is 10.0. The number of nitrogens with two attached hydrogens (primary N) is 1. The summed E-state index contributed by atoms with van der Waals surface area (Å²) in [6, 6.07) is 2.91. The van der Waals surface area contributed by atoms with Gasteiger partial charge >= 0.3 is 0 Å². The van der Waals surface area contributed by atoms with Crippen molar-refractivity contribution in [2.24, 2.45) is 5.73 Å².